The van der Waals surface area contributed by atoms with Crippen LogP contribution in [0.1, 0.15) is 35.7 Å². The zero-order chi connectivity index (χ0) is 20.4. The molecule has 1 aliphatic heterocycles. The summed E-state index contributed by atoms with van der Waals surface area (Å²) in [5, 5.41) is 3.98. The monoisotopic (exact) mass is 388 g/mol. The lowest BCUT2D eigenvalue weighted by Crippen LogP contribution is -2.24. The Kier molecular flexibility index (Phi) is 5.16. The maximum absolute atomic E-state index is 12.6. The van der Waals surface area contributed by atoms with E-state index in [-0.39, 0.29) is 11.8 Å². The van der Waals surface area contributed by atoms with Crippen molar-refractivity contribution in [3.63, 3.8) is 0 Å². The Bertz CT molecular complexity index is 1110. The van der Waals surface area contributed by atoms with Crippen molar-refractivity contribution in [3.8, 4) is 0 Å². The number of hydrogen-bond acceptors (Lipinski definition) is 3. The molecule has 148 valence electrons. The topological polar surface area (TPSA) is 78.1 Å². The number of nitrogens with one attached hydrogen (secondary N) is 2. The molecule has 0 spiro atoms. The molecule has 0 saturated carbocycles. The minimum absolute atomic E-state index is 0.00600. The van der Waals surface area contributed by atoms with Gasteiger partial charge >= 0.3 is 0 Å². The number of likely N-dealkylation sites (N-methyl/N-ethyl adjacent to an activating group) is 1. The molecule has 4 rings (SSSR count). The molecular weight excluding hydrogens is 364 g/mol. The lowest BCUT2D eigenvalue weighted by molar-refractivity contribution is -0.125. The highest BCUT2D eigenvalue weighted by Gasteiger charge is 2.16. The molecule has 3 aromatic rings. The fourth-order valence-electron chi connectivity index (χ4n) is 3.77. The fourth-order valence-corrected chi connectivity index (χ4v) is 3.77. The number of para-hydroxylation sites is 1. The Hall–Kier alpha value is -3.41. The van der Waals surface area contributed by atoms with Crippen LogP contribution in [0.2, 0.25) is 0 Å². The maximum atomic E-state index is 12.6. The van der Waals surface area contributed by atoms with Crippen molar-refractivity contribution in [1.82, 2.24) is 14.9 Å². The molecule has 0 unspecified atom stereocenters. The summed E-state index contributed by atoms with van der Waals surface area (Å²) in [7, 11) is 1.80. The summed E-state index contributed by atoms with van der Waals surface area (Å²) in [4.78, 5) is 33.5. The quantitative estimate of drug-likeness (QED) is 0.655. The van der Waals surface area contributed by atoms with Crippen LogP contribution in [0.4, 0.5) is 5.82 Å². The van der Waals surface area contributed by atoms with Gasteiger partial charge in [-0.3, -0.25) is 9.59 Å². The van der Waals surface area contributed by atoms with Crippen LogP contribution in [0, 0.1) is 0 Å². The van der Waals surface area contributed by atoms with Crippen molar-refractivity contribution in [1.29, 1.82) is 0 Å². The van der Waals surface area contributed by atoms with E-state index in [1.165, 1.54) is 10.9 Å². The minimum Gasteiger partial charge on any atom is -0.357 e. The third-order valence-electron chi connectivity index (χ3n) is 5.31. The van der Waals surface area contributed by atoms with Gasteiger partial charge in [-0.05, 0) is 47.7 Å². The number of amides is 2. The predicted octanol–water partition coefficient (Wildman–Crippen LogP) is 3.68. The molecule has 6 heteroatoms. The van der Waals surface area contributed by atoms with Gasteiger partial charge in [-0.25, -0.2) is 4.98 Å². The van der Waals surface area contributed by atoms with E-state index < -0.39 is 0 Å². The van der Waals surface area contributed by atoms with Crippen LogP contribution in [-0.2, 0) is 29.0 Å². The van der Waals surface area contributed by atoms with Gasteiger partial charge in [0, 0.05) is 42.3 Å². The van der Waals surface area contributed by atoms with Crippen LogP contribution in [0.25, 0.3) is 17.0 Å². The van der Waals surface area contributed by atoms with Gasteiger partial charge in [0.2, 0.25) is 11.8 Å². The van der Waals surface area contributed by atoms with Gasteiger partial charge in [0.05, 0.1) is 6.54 Å². The summed E-state index contributed by atoms with van der Waals surface area (Å²) in [6.07, 6.45) is 7.06. The van der Waals surface area contributed by atoms with E-state index in [2.05, 4.69) is 34.3 Å². The van der Waals surface area contributed by atoms with E-state index in [4.69, 9.17) is 0 Å². The van der Waals surface area contributed by atoms with Gasteiger partial charge in [-0.1, -0.05) is 25.1 Å². The first-order valence-electron chi connectivity index (χ1n) is 9.85. The number of aryl methyl sites for hydroxylation is 2. The molecule has 0 aliphatic carbocycles. The molecule has 0 fully saturated rings. The summed E-state index contributed by atoms with van der Waals surface area (Å²) in [5.41, 5.74) is 5.27. The Morgan fingerprint density at radius 3 is 2.93 bits per heavy atom. The van der Waals surface area contributed by atoms with E-state index in [0.29, 0.717) is 25.2 Å². The Balaban J connectivity index is 1.47. The summed E-state index contributed by atoms with van der Waals surface area (Å²) in [6.45, 7) is 2.65. The molecule has 0 bridgehead atoms. The highest BCUT2D eigenvalue weighted by Crippen LogP contribution is 2.24. The second-order valence-electron chi connectivity index (χ2n) is 7.33. The highest BCUT2D eigenvalue weighted by molar-refractivity contribution is 5.94. The molecule has 3 heterocycles. The van der Waals surface area contributed by atoms with Crippen molar-refractivity contribution in [2.45, 2.75) is 32.7 Å². The second kappa shape index (κ2) is 7.91. The molecule has 2 aromatic heterocycles. The minimum atomic E-state index is -0.0725. The van der Waals surface area contributed by atoms with E-state index >= 15 is 0 Å². The number of carbonyl (C=O) groups excluding carboxylic acids is 2. The molecular formula is C23H24N4O2. The lowest BCUT2D eigenvalue weighted by Gasteiger charge is -2.16. The average Bonchev–Trinajstić information content (AvgIpc) is 3.08. The molecule has 0 saturated heterocycles. The van der Waals surface area contributed by atoms with Gasteiger partial charge in [0.1, 0.15) is 5.82 Å². The third kappa shape index (κ3) is 3.92. The number of H-pyrrole nitrogens is 1. The van der Waals surface area contributed by atoms with Crippen LogP contribution < -0.4 is 5.32 Å². The Labute approximate surface area is 169 Å². The van der Waals surface area contributed by atoms with E-state index in [0.717, 1.165) is 28.8 Å². The number of pyridine rings is 1. The summed E-state index contributed by atoms with van der Waals surface area (Å²) in [5.74, 6) is 0.540. The van der Waals surface area contributed by atoms with Crippen LogP contribution in [0.3, 0.4) is 0 Å². The van der Waals surface area contributed by atoms with E-state index in [1.54, 1.807) is 30.3 Å². The third-order valence-corrected chi connectivity index (χ3v) is 5.31. The van der Waals surface area contributed by atoms with Crippen LogP contribution in [0.5, 0.6) is 0 Å². The molecule has 2 amide bonds. The largest absolute Gasteiger partial charge is 0.357 e. The van der Waals surface area contributed by atoms with E-state index in [9.17, 15) is 9.59 Å². The fraction of sp³-hybridized carbons (Fsp3) is 0.261. The van der Waals surface area contributed by atoms with Crippen molar-refractivity contribution in [3.05, 3.63) is 65.0 Å². The van der Waals surface area contributed by atoms with Crippen LogP contribution >= 0.6 is 0 Å². The summed E-state index contributed by atoms with van der Waals surface area (Å²) in [6, 6.07) is 10.2. The zero-order valence-electron chi connectivity index (χ0n) is 16.7. The number of fused-ring (bicyclic) bond motifs is 2. The molecule has 6 nitrogen and oxygen atoms in total. The van der Waals surface area contributed by atoms with Crippen molar-refractivity contribution < 1.29 is 9.59 Å². The zero-order valence-corrected chi connectivity index (χ0v) is 16.7. The van der Waals surface area contributed by atoms with Crippen molar-refractivity contribution in [2.24, 2.45) is 0 Å². The van der Waals surface area contributed by atoms with Crippen LogP contribution in [0.15, 0.2) is 42.6 Å². The van der Waals surface area contributed by atoms with Gasteiger partial charge < -0.3 is 15.2 Å². The first kappa shape index (κ1) is 18.9. The average molecular weight is 388 g/mol. The summed E-state index contributed by atoms with van der Waals surface area (Å²) >= 11 is 0. The van der Waals surface area contributed by atoms with Crippen molar-refractivity contribution >= 4 is 34.6 Å². The predicted molar refractivity (Wildman–Crippen MR) is 114 cm³/mol. The number of aromatic amines is 1. The molecule has 1 aromatic carbocycles. The Morgan fingerprint density at radius 2 is 2.10 bits per heavy atom. The van der Waals surface area contributed by atoms with Crippen molar-refractivity contribution in [2.75, 3.05) is 12.4 Å². The number of aromatic nitrogens is 2. The van der Waals surface area contributed by atoms with Gasteiger partial charge in [0.25, 0.3) is 0 Å². The highest BCUT2D eigenvalue weighted by atomic mass is 16.2. The number of nitrogens with zero attached hydrogens (tertiary/aromatic N) is 2. The second-order valence-corrected chi connectivity index (χ2v) is 7.33. The van der Waals surface area contributed by atoms with Gasteiger partial charge in [-0.2, -0.15) is 0 Å². The number of hydrogen-bond donors (Lipinski definition) is 2. The number of anilines is 1. The van der Waals surface area contributed by atoms with Gasteiger partial charge in [0.15, 0.2) is 0 Å². The van der Waals surface area contributed by atoms with E-state index in [1.807, 2.05) is 18.2 Å². The Morgan fingerprint density at radius 1 is 1.28 bits per heavy atom. The SMILES string of the molecule is CCc1c(CN(C)C(=O)/C=C/c2cnc3c(c2)CCC(=O)N3)[nH]c2ccccc12. The molecule has 1 aliphatic rings. The van der Waals surface area contributed by atoms with Gasteiger partial charge in [-0.15, -0.1) is 0 Å². The molecule has 29 heavy (non-hydrogen) atoms. The number of rotatable bonds is 5. The van der Waals surface area contributed by atoms with Crippen LogP contribution in [-0.4, -0.2) is 33.7 Å². The first-order valence-corrected chi connectivity index (χ1v) is 9.85. The molecule has 2 N–H and O–H groups in total. The number of benzene rings is 1. The normalized spacial score (nSPS) is 13.5. The summed E-state index contributed by atoms with van der Waals surface area (Å²) < 4.78 is 0. The maximum Gasteiger partial charge on any atom is 0.246 e. The standard InChI is InChI=1S/C23H24N4O2/c1-3-17-18-6-4-5-7-19(18)25-20(17)14-27(2)22(29)11-8-15-12-16-9-10-21(28)26-23(16)24-13-15/h4-8,11-13,25H,3,9-10,14H2,1-2H3,(H,24,26,28)/b11-8+. The smallest absolute Gasteiger partial charge is 0.246 e. The molecule has 0 radical (unpaired) electrons. The lowest BCUT2D eigenvalue weighted by atomic mass is 10.0. The number of carbonyl (C=O) groups is 2. The molecule has 0 atom stereocenters. The first-order chi connectivity index (χ1) is 14.0.